The van der Waals surface area contributed by atoms with E-state index in [1.807, 2.05) is 6.92 Å². The molecule has 0 aromatic carbocycles. The average Bonchev–Trinajstić information content (AvgIpc) is 2.10. The first kappa shape index (κ1) is 12.3. The van der Waals surface area contributed by atoms with Gasteiger partial charge in [0.25, 0.3) is 6.43 Å². The van der Waals surface area contributed by atoms with Crippen LogP contribution < -0.4 is 11.1 Å². The van der Waals surface area contributed by atoms with E-state index in [9.17, 15) is 13.6 Å². The van der Waals surface area contributed by atoms with Crippen molar-refractivity contribution >= 4 is 5.91 Å². The van der Waals surface area contributed by atoms with Gasteiger partial charge in [-0.3, -0.25) is 4.79 Å². The van der Waals surface area contributed by atoms with Gasteiger partial charge >= 0.3 is 0 Å². The summed E-state index contributed by atoms with van der Waals surface area (Å²) < 4.78 is 23.3. The zero-order valence-electron chi connectivity index (χ0n) is 7.72. The molecule has 0 spiro atoms. The number of alkyl halides is 2. The zero-order valence-corrected chi connectivity index (χ0v) is 7.72. The molecule has 13 heavy (non-hydrogen) atoms. The lowest BCUT2D eigenvalue weighted by atomic mass is 10.1. The van der Waals surface area contributed by atoms with Crippen molar-refractivity contribution in [3.63, 3.8) is 0 Å². The van der Waals surface area contributed by atoms with E-state index in [1.165, 1.54) is 0 Å². The first-order valence-electron chi connectivity index (χ1n) is 4.39. The summed E-state index contributed by atoms with van der Waals surface area (Å²) in [6, 6.07) is -0.654. The van der Waals surface area contributed by atoms with Crippen LogP contribution in [0.15, 0.2) is 0 Å². The second-order valence-corrected chi connectivity index (χ2v) is 2.88. The molecule has 1 atom stereocenters. The van der Waals surface area contributed by atoms with E-state index in [0.717, 1.165) is 12.8 Å². The molecule has 3 nitrogen and oxygen atoms in total. The number of nitrogens with two attached hydrogens (primary N) is 1. The molecule has 3 N–H and O–H groups in total. The second kappa shape index (κ2) is 6.77. The summed E-state index contributed by atoms with van der Waals surface area (Å²) in [5, 5.41) is 2.08. The van der Waals surface area contributed by atoms with Crippen molar-refractivity contribution in [3.8, 4) is 0 Å². The van der Waals surface area contributed by atoms with Crippen molar-refractivity contribution in [2.45, 2.75) is 38.7 Å². The Labute approximate surface area is 76.7 Å². The number of halogens is 2. The third kappa shape index (κ3) is 6.45. The van der Waals surface area contributed by atoms with Gasteiger partial charge in [-0.1, -0.05) is 19.8 Å². The number of hydrogen-bond acceptors (Lipinski definition) is 2. The minimum absolute atomic E-state index is 0.492. The van der Waals surface area contributed by atoms with Crippen LogP contribution in [0.5, 0.6) is 0 Å². The van der Waals surface area contributed by atoms with Crippen LogP contribution in [0.3, 0.4) is 0 Å². The van der Waals surface area contributed by atoms with Gasteiger partial charge in [-0.15, -0.1) is 0 Å². The molecule has 0 aliphatic heterocycles. The number of nitrogens with one attached hydrogen (secondary N) is 1. The molecular formula is C8H16F2N2O. The molecule has 0 radical (unpaired) electrons. The molecule has 0 aliphatic carbocycles. The predicted octanol–water partition coefficient (Wildman–Crippen LogP) is 0.885. The van der Waals surface area contributed by atoms with Gasteiger partial charge in [0.15, 0.2) is 0 Å². The number of rotatable bonds is 6. The van der Waals surface area contributed by atoms with Gasteiger partial charge in [0.2, 0.25) is 5.91 Å². The highest BCUT2D eigenvalue weighted by atomic mass is 19.3. The highest BCUT2D eigenvalue weighted by molar-refractivity contribution is 5.81. The summed E-state index contributed by atoms with van der Waals surface area (Å²) in [7, 11) is 0. The Morgan fingerprint density at radius 2 is 2.15 bits per heavy atom. The van der Waals surface area contributed by atoms with Gasteiger partial charge in [-0.2, -0.15) is 0 Å². The van der Waals surface area contributed by atoms with Crippen LogP contribution in [-0.4, -0.2) is 24.9 Å². The Bertz CT molecular complexity index is 153. The van der Waals surface area contributed by atoms with E-state index in [0.29, 0.717) is 6.42 Å². The van der Waals surface area contributed by atoms with Gasteiger partial charge in [0.05, 0.1) is 12.6 Å². The predicted molar refractivity (Wildman–Crippen MR) is 46.5 cm³/mol. The molecule has 0 fully saturated rings. The molecule has 0 saturated heterocycles. The fourth-order valence-electron chi connectivity index (χ4n) is 0.864. The third-order valence-corrected chi connectivity index (χ3v) is 1.64. The first-order valence-corrected chi connectivity index (χ1v) is 4.39. The van der Waals surface area contributed by atoms with E-state index in [-0.39, 0.29) is 0 Å². The molecule has 78 valence electrons. The summed E-state index contributed by atoms with van der Waals surface area (Å²) in [4.78, 5) is 11.0. The fourth-order valence-corrected chi connectivity index (χ4v) is 0.864. The summed E-state index contributed by atoms with van der Waals surface area (Å²) in [6.45, 7) is 1.36. The van der Waals surface area contributed by atoms with Crippen molar-refractivity contribution in [2.24, 2.45) is 5.73 Å². The summed E-state index contributed by atoms with van der Waals surface area (Å²) >= 11 is 0. The number of unbranched alkanes of at least 4 members (excludes halogenated alkanes) is 1. The third-order valence-electron chi connectivity index (χ3n) is 1.64. The van der Waals surface area contributed by atoms with Crippen LogP contribution in [0.1, 0.15) is 26.2 Å². The monoisotopic (exact) mass is 194 g/mol. The van der Waals surface area contributed by atoms with Crippen LogP contribution in [-0.2, 0) is 4.79 Å². The van der Waals surface area contributed by atoms with E-state index < -0.39 is 24.9 Å². The maximum absolute atomic E-state index is 11.7. The quantitative estimate of drug-likeness (QED) is 0.659. The average molecular weight is 194 g/mol. The van der Waals surface area contributed by atoms with Gasteiger partial charge in [-0.05, 0) is 6.42 Å². The van der Waals surface area contributed by atoms with Crippen molar-refractivity contribution in [2.75, 3.05) is 6.54 Å². The van der Waals surface area contributed by atoms with Crippen LogP contribution in [0, 0.1) is 0 Å². The van der Waals surface area contributed by atoms with E-state index in [2.05, 4.69) is 5.32 Å². The maximum atomic E-state index is 11.7. The largest absolute Gasteiger partial charge is 0.349 e. The van der Waals surface area contributed by atoms with Crippen molar-refractivity contribution in [3.05, 3.63) is 0 Å². The normalized spacial score (nSPS) is 13.0. The molecule has 5 heteroatoms. The molecule has 0 aromatic rings. The Morgan fingerprint density at radius 3 is 2.62 bits per heavy atom. The molecule has 0 unspecified atom stereocenters. The fraction of sp³-hybridized carbons (Fsp3) is 0.875. The Hall–Kier alpha value is -0.710. The molecule has 1 amide bonds. The molecule has 0 heterocycles. The van der Waals surface area contributed by atoms with E-state index in [1.54, 1.807) is 0 Å². The van der Waals surface area contributed by atoms with E-state index >= 15 is 0 Å². The summed E-state index contributed by atoms with van der Waals surface area (Å²) in [5.74, 6) is -0.492. The lowest BCUT2D eigenvalue weighted by Gasteiger charge is -2.10. The summed E-state index contributed by atoms with van der Waals surface area (Å²) in [6.07, 6.45) is -0.188. The second-order valence-electron chi connectivity index (χ2n) is 2.88. The minimum atomic E-state index is -2.51. The molecule has 0 saturated carbocycles. The molecule has 0 aromatic heterocycles. The molecule has 0 aliphatic rings. The van der Waals surface area contributed by atoms with Crippen LogP contribution in [0.2, 0.25) is 0 Å². The highest BCUT2D eigenvalue weighted by Crippen LogP contribution is 1.98. The molecular weight excluding hydrogens is 178 g/mol. The summed E-state index contributed by atoms with van der Waals surface area (Å²) in [5.41, 5.74) is 5.43. The van der Waals surface area contributed by atoms with Gasteiger partial charge in [0, 0.05) is 0 Å². The van der Waals surface area contributed by atoms with Crippen LogP contribution >= 0.6 is 0 Å². The minimum Gasteiger partial charge on any atom is -0.349 e. The number of carbonyl (C=O) groups is 1. The molecule has 0 bridgehead atoms. The smallest absolute Gasteiger partial charge is 0.255 e. The van der Waals surface area contributed by atoms with E-state index in [4.69, 9.17) is 5.73 Å². The number of amides is 1. The van der Waals surface area contributed by atoms with Gasteiger partial charge < -0.3 is 11.1 Å². The standard InChI is InChI=1S/C8H16F2N2O/c1-2-3-4-6(11)8(13)12-5-7(9)10/h6-7H,2-5,11H2,1H3,(H,12,13)/t6-/m0/s1. The maximum Gasteiger partial charge on any atom is 0.255 e. The van der Waals surface area contributed by atoms with Crippen molar-refractivity contribution < 1.29 is 13.6 Å². The first-order chi connectivity index (χ1) is 6.07. The Balaban J connectivity index is 3.57. The SMILES string of the molecule is CCCC[C@H](N)C(=O)NCC(F)F. The number of carbonyl (C=O) groups excluding carboxylic acids is 1. The highest BCUT2D eigenvalue weighted by Gasteiger charge is 2.13. The Kier molecular flexibility index (Phi) is 6.40. The molecule has 0 rings (SSSR count). The van der Waals surface area contributed by atoms with Crippen molar-refractivity contribution in [1.82, 2.24) is 5.32 Å². The van der Waals surface area contributed by atoms with Gasteiger partial charge in [0.1, 0.15) is 0 Å². The van der Waals surface area contributed by atoms with Crippen LogP contribution in [0.4, 0.5) is 8.78 Å². The Morgan fingerprint density at radius 1 is 1.54 bits per heavy atom. The lowest BCUT2D eigenvalue weighted by Crippen LogP contribution is -2.42. The topological polar surface area (TPSA) is 55.1 Å². The number of hydrogen-bond donors (Lipinski definition) is 2. The zero-order chi connectivity index (χ0) is 10.3. The lowest BCUT2D eigenvalue weighted by molar-refractivity contribution is -0.123. The van der Waals surface area contributed by atoms with Crippen molar-refractivity contribution in [1.29, 1.82) is 0 Å². The van der Waals surface area contributed by atoms with Gasteiger partial charge in [-0.25, -0.2) is 8.78 Å². The van der Waals surface area contributed by atoms with Crippen LogP contribution in [0.25, 0.3) is 0 Å².